The maximum Gasteiger partial charge on any atom is 0.412 e. The summed E-state index contributed by atoms with van der Waals surface area (Å²) >= 11 is 11.6. The van der Waals surface area contributed by atoms with Gasteiger partial charge >= 0.3 is 6.09 Å². The van der Waals surface area contributed by atoms with Crippen LogP contribution in [0.4, 0.5) is 4.79 Å². The van der Waals surface area contributed by atoms with Crippen LogP contribution in [-0.2, 0) is 4.74 Å². The Balaban J connectivity index is 2.57. The molecule has 0 saturated carbocycles. The monoisotopic (exact) mass is 237 g/mol. The summed E-state index contributed by atoms with van der Waals surface area (Å²) < 4.78 is 5.15. The quantitative estimate of drug-likeness (QED) is 0.479. The predicted molar refractivity (Wildman–Crippen MR) is 56.5 cm³/mol. The highest BCUT2D eigenvalue weighted by Crippen LogP contribution is 2.26. The van der Waals surface area contributed by atoms with Crippen LogP contribution < -0.4 is 0 Å². The molecule has 0 aromatic heterocycles. The second kappa shape index (κ2) is 3.99. The minimum absolute atomic E-state index is 0.405. The van der Waals surface area contributed by atoms with Crippen LogP contribution in [-0.4, -0.2) is 28.6 Å². The smallest absolute Gasteiger partial charge is 0.412 e. The van der Waals surface area contributed by atoms with Crippen LogP contribution in [0.5, 0.6) is 0 Å². The van der Waals surface area contributed by atoms with E-state index in [4.69, 9.17) is 27.9 Å². The molecule has 14 heavy (non-hydrogen) atoms. The first-order valence-electron chi connectivity index (χ1n) is 4.30. The second-order valence-electron chi connectivity index (χ2n) is 4.06. The number of hydrogen-bond acceptors (Lipinski definition) is 2. The van der Waals surface area contributed by atoms with E-state index in [1.807, 2.05) is 0 Å². The molecule has 0 saturated heterocycles. The van der Waals surface area contributed by atoms with Gasteiger partial charge in [-0.2, -0.15) is 0 Å². The molecule has 1 aliphatic rings. The normalized spacial score (nSPS) is 22.2. The lowest BCUT2D eigenvalue weighted by molar-refractivity contribution is 0.0283. The van der Waals surface area contributed by atoms with Gasteiger partial charge in [-0.1, -0.05) is 23.2 Å². The van der Waals surface area contributed by atoms with Crippen molar-refractivity contribution in [2.75, 3.05) is 6.54 Å². The zero-order valence-corrected chi connectivity index (χ0v) is 9.89. The first-order chi connectivity index (χ1) is 6.31. The number of carbonyl (C=O) groups is 1. The van der Waals surface area contributed by atoms with Crippen molar-refractivity contribution < 1.29 is 9.53 Å². The molecule has 0 spiro atoms. The zero-order chi connectivity index (χ0) is 10.9. The Morgan fingerprint density at radius 1 is 1.64 bits per heavy atom. The van der Waals surface area contributed by atoms with E-state index < -0.39 is 17.2 Å². The maximum absolute atomic E-state index is 11.5. The minimum Gasteiger partial charge on any atom is -0.444 e. The van der Waals surface area contributed by atoms with Crippen molar-refractivity contribution in [3.63, 3.8) is 0 Å². The average Bonchev–Trinajstić information content (AvgIpc) is 2.29. The SMILES string of the molecule is CC(C)(C)OC(=O)N1CC=C(Cl)C1Cl. The van der Waals surface area contributed by atoms with Crippen LogP contribution in [0.25, 0.3) is 0 Å². The maximum atomic E-state index is 11.5. The fraction of sp³-hybridized carbons (Fsp3) is 0.667. The van der Waals surface area contributed by atoms with Crippen molar-refractivity contribution in [2.24, 2.45) is 0 Å². The van der Waals surface area contributed by atoms with Gasteiger partial charge in [0.1, 0.15) is 11.1 Å². The van der Waals surface area contributed by atoms with E-state index in [0.29, 0.717) is 11.6 Å². The average molecular weight is 238 g/mol. The lowest BCUT2D eigenvalue weighted by atomic mass is 10.2. The van der Waals surface area contributed by atoms with E-state index in [1.54, 1.807) is 26.8 Å². The van der Waals surface area contributed by atoms with Crippen molar-refractivity contribution >= 4 is 29.3 Å². The van der Waals surface area contributed by atoms with Crippen molar-refractivity contribution in [1.29, 1.82) is 0 Å². The molecule has 1 aliphatic heterocycles. The molecule has 1 heterocycles. The highest BCUT2D eigenvalue weighted by Gasteiger charge is 2.31. The highest BCUT2D eigenvalue weighted by atomic mass is 35.5. The highest BCUT2D eigenvalue weighted by molar-refractivity contribution is 6.38. The van der Waals surface area contributed by atoms with E-state index in [0.717, 1.165) is 0 Å². The van der Waals surface area contributed by atoms with Gasteiger partial charge in [0.05, 0.1) is 5.03 Å². The molecule has 1 amide bonds. The van der Waals surface area contributed by atoms with Crippen LogP contribution in [0.1, 0.15) is 20.8 Å². The van der Waals surface area contributed by atoms with Gasteiger partial charge in [0.25, 0.3) is 0 Å². The Morgan fingerprint density at radius 3 is 2.57 bits per heavy atom. The third-order valence-electron chi connectivity index (χ3n) is 1.61. The predicted octanol–water partition coefficient (Wildman–Crippen LogP) is 2.92. The van der Waals surface area contributed by atoms with Crippen LogP contribution in [0, 0.1) is 0 Å². The van der Waals surface area contributed by atoms with Crippen molar-refractivity contribution in [2.45, 2.75) is 31.9 Å². The Bertz CT molecular complexity index is 270. The third-order valence-corrected chi connectivity index (χ3v) is 2.56. The van der Waals surface area contributed by atoms with Crippen LogP contribution in [0.3, 0.4) is 0 Å². The molecule has 0 N–H and O–H groups in total. The Hall–Kier alpha value is -0.410. The fourth-order valence-corrected chi connectivity index (χ4v) is 1.45. The van der Waals surface area contributed by atoms with Gasteiger partial charge < -0.3 is 4.74 Å². The summed E-state index contributed by atoms with van der Waals surface area (Å²) in [6, 6.07) is 0. The van der Waals surface area contributed by atoms with Crippen LogP contribution in [0.15, 0.2) is 11.1 Å². The van der Waals surface area contributed by atoms with Gasteiger partial charge in [0.2, 0.25) is 0 Å². The lowest BCUT2D eigenvalue weighted by Gasteiger charge is -2.26. The molecule has 0 radical (unpaired) electrons. The number of nitrogens with zero attached hydrogens (tertiary/aromatic N) is 1. The molecule has 0 aromatic carbocycles. The van der Waals surface area contributed by atoms with Crippen molar-refractivity contribution in [3.05, 3.63) is 11.1 Å². The minimum atomic E-state index is -0.591. The van der Waals surface area contributed by atoms with E-state index in [9.17, 15) is 4.79 Å². The van der Waals surface area contributed by atoms with E-state index in [-0.39, 0.29) is 0 Å². The number of alkyl halides is 1. The summed E-state index contributed by atoms with van der Waals surface area (Å²) in [6.45, 7) is 5.82. The Morgan fingerprint density at radius 2 is 2.21 bits per heavy atom. The molecule has 0 aromatic rings. The molecule has 0 aliphatic carbocycles. The molecular formula is C9H13Cl2NO2. The molecule has 0 fully saturated rings. The number of amides is 1. The summed E-state index contributed by atoms with van der Waals surface area (Å²) in [5.74, 6) is 0. The summed E-state index contributed by atoms with van der Waals surface area (Å²) in [5.41, 5.74) is -1.10. The number of carbonyl (C=O) groups excluding carboxylic acids is 1. The van der Waals surface area contributed by atoms with Gasteiger partial charge in [-0.05, 0) is 26.8 Å². The zero-order valence-electron chi connectivity index (χ0n) is 8.38. The number of hydrogen-bond donors (Lipinski definition) is 0. The largest absolute Gasteiger partial charge is 0.444 e. The third kappa shape index (κ3) is 2.79. The van der Waals surface area contributed by atoms with Gasteiger partial charge in [-0.15, -0.1) is 0 Å². The lowest BCUT2D eigenvalue weighted by Crippen LogP contribution is -2.38. The number of ether oxygens (including phenoxy) is 1. The molecular weight excluding hydrogens is 225 g/mol. The fourth-order valence-electron chi connectivity index (χ4n) is 1.01. The van der Waals surface area contributed by atoms with Crippen LogP contribution in [0.2, 0.25) is 0 Å². The van der Waals surface area contributed by atoms with Gasteiger partial charge in [0, 0.05) is 6.54 Å². The summed E-state index contributed by atoms with van der Waals surface area (Å²) in [6.07, 6.45) is 1.26. The Labute approximate surface area is 93.6 Å². The van der Waals surface area contributed by atoms with Crippen molar-refractivity contribution in [3.8, 4) is 0 Å². The van der Waals surface area contributed by atoms with Crippen LogP contribution >= 0.6 is 23.2 Å². The molecule has 1 rings (SSSR count). The summed E-state index contributed by atoms with van der Waals surface area (Å²) in [7, 11) is 0. The number of halogens is 2. The topological polar surface area (TPSA) is 29.5 Å². The van der Waals surface area contributed by atoms with E-state index in [1.165, 1.54) is 4.90 Å². The second-order valence-corrected chi connectivity index (χ2v) is 4.91. The summed E-state index contributed by atoms with van der Waals surface area (Å²) in [4.78, 5) is 12.9. The molecule has 0 bridgehead atoms. The van der Waals surface area contributed by atoms with E-state index in [2.05, 4.69) is 0 Å². The standard InChI is InChI=1S/C9H13Cl2NO2/c1-9(2,3)14-8(13)12-5-4-6(10)7(12)11/h4,7H,5H2,1-3H3. The number of rotatable bonds is 0. The molecule has 1 atom stereocenters. The molecule has 1 unspecified atom stereocenters. The molecule has 5 heteroatoms. The Kier molecular flexibility index (Phi) is 3.32. The first kappa shape index (κ1) is 11.7. The van der Waals surface area contributed by atoms with Gasteiger partial charge in [0.15, 0.2) is 0 Å². The summed E-state index contributed by atoms with van der Waals surface area (Å²) in [5, 5.41) is 0.470. The first-order valence-corrected chi connectivity index (χ1v) is 5.12. The van der Waals surface area contributed by atoms with E-state index >= 15 is 0 Å². The molecule has 3 nitrogen and oxygen atoms in total. The van der Waals surface area contributed by atoms with Gasteiger partial charge in [-0.3, -0.25) is 4.90 Å². The molecule has 80 valence electrons. The van der Waals surface area contributed by atoms with Gasteiger partial charge in [-0.25, -0.2) is 4.79 Å². The van der Waals surface area contributed by atoms with Crippen molar-refractivity contribution in [1.82, 2.24) is 4.90 Å².